The number of aliphatic hydroxyl groups excluding tert-OH is 1. The highest BCUT2D eigenvalue weighted by Crippen LogP contribution is 2.26. The molecule has 8 nitrogen and oxygen atoms in total. The Hall–Kier alpha value is -2.50. The molecule has 2 aromatic carbocycles. The van der Waals surface area contributed by atoms with E-state index < -0.39 is 15.9 Å². The van der Waals surface area contributed by atoms with Crippen molar-refractivity contribution in [2.45, 2.75) is 19.6 Å². The second kappa shape index (κ2) is 10.0. The first-order chi connectivity index (χ1) is 14.4. The number of fused-ring (bicyclic) bond motifs is 1. The third-order valence-corrected chi connectivity index (χ3v) is 6.85. The summed E-state index contributed by atoms with van der Waals surface area (Å²) >= 11 is 1.21. The first-order valence-corrected chi connectivity index (χ1v) is 11.6. The summed E-state index contributed by atoms with van der Waals surface area (Å²) in [6.45, 7) is 0.361. The van der Waals surface area contributed by atoms with Crippen molar-refractivity contribution < 1.29 is 28.3 Å². The summed E-state index contributed by atoms with van der Waals surface area (Å²) in [6.07, 6.45) is 0.334. The molecule has 0 saturated carbocycles. The van der Waals surface area contributed by atoms with E-state index in [2.05, 4.69) is 4.72 Å². The van der Waals surface area contributed by atoms with Gasteiger partial charge in [-0.25, -0.2) is 18.6 Å². The fourth-order valence-electron chi connectivity index (χ4n) is 2.75. The molecule has 3 rings (SSSR count). The molecule has 1 amide bonds. The third kappa shape index (κ3) is 6.00. The molecule has 0 radical (unpaired) electrons. The fourth-order valence-corrected chi connectivity index (χ4v) is 4.79. The topological polar surface area (TPSA) is 125 Å². The minimum atomic E-state index is -3.47. The molecule has 0 unspecified atom stereocenters. The standard InChI is InChI=1S/C20H22N2O6S2/c23-13-14-3-6-17(7-4-14)28-8-1-9-30(26,27)21-12-15-2-5-16-11-19(20(24)22-25)29-18(16)10-15/h2-7,10-11,21,23,25H,1,8-9,12-13H2,(H,22,24). The van der Waals surface area contributed by atoms with Crippen LogP contribution in [0.2, 0.25) is 0 Å². The van der Waals surface area contributed by atoms with Gasteiger partial charge in [0.25, 0.3) is 5.91 Å². The van der Waals surface area contributed by atoms with Crippen LogP contribution in [0.25, 0.3) is 10.1 Å². The largest absolute Gasteiger partial charge is 0.494 e. The summed E-state index contributed by atoms with van der Waals surface area (Å²) in [5.74, 6) is -0.0230. The highest BCUT2D eigenvalue weighted by molar-refractivity contribution is 7.89. The van der Waals surface area contributed by atoms with Crippen LogP contribution in [0.3, 0.4) is 0 Å². The van der Waals surface area contributed by atoms with Crippen LogP contribution in [-0.2, 0) is 23.2 Å². The van der Waals surface area contributed by atoms with Crippen LogP contribution in [0, 0.1) is 0 Å². The molecule has 0 aliphatic carbocycles. The van der Waals surface area contributed by atoms with E-state index in [1.165, 1.54) is 11.3 Å². The van der Waals surface area contributed by atoms with Gasteiger partial charge in [-0.05, 0) is 47.2 Å². The van der Waals surface area contributed by atoms with Gasteiger partial charge in [0.05, 0.1) is 23.8 Å². The van der Waals surface area contributed by atoms with Gasteiger partial charge in [0, 0.05) is 11.2 Å². The van der Waals surface area contributed by atoms with Crippen LogP contribution in [0.1, 0.15) is 27.2 Å². The van der Waals surface area contributed by atoms with Gasteiger partial charge in [0.15, 0.2) is 0 Å². The molecule has 10 heteroatoms. The Balaban J connectivity index is 1.48. The lowest BCUT2D eigenvalue weighted by Gasteiger charge is -2.09. The number of hydroxylamine groups is 1. The molecule has 0 atom stereocenters. The number of aliphatic hydroxyl groups is 1. The summed E-state index contributed by atoms with van der Waals surface area (Å²) in [5, 5.41) is 18.6. The van der Waals surface area contributed by atoms with Crippen molar-refractivity contribution in [2.24, 2.45) is 0 Å². The molecule has 0 spiro atoms. The van der Waals surface area contributed by atoms with E-state index in [9.17, 15) is 13.2 Å². The molecule has 0 aliphatic rings. The minimum absolute atomic E-state index is 0.0389. The zero-order valence-corrected chi connectivity index (χ0v) is 17.6. The number of sulfonamides is 1. The fraction of sp³-hybridized carbons (Fsp3) is 0.250. The number of rotatable bonds is 10. The van der Waals surface area contributed by atoms with Crippen molar-refractivity contribution in [1.29, 1.82) is 0 Å². The van der Waals surface area contributed by atoms with E-state index in [-0.39, 0.29) is 25.5 Å². The Morgan fingerprint density at radius 3 is 2.50 bits per heavy atom. The van der Waals surface area contributed by atoms with Crippen LogP contribution in [0.5, 0.6) is 5.75 Å². The first kappa shape index (κ1) is 22.2. The minimum Gasteiger partial charge on any atom is -0.494 e. The van der Waals surface area contributed by atoms with Crippen LogP contribution < -0.4 is 14.9 Å². The molecule has 0 aliphatic heterocycles. The molecular weight excluding hydrogens is 428 g/mol. The molecule has 0 saturated heterocycles. The van der Waals surface area contributed by atoms with Gasteiger partial charge >= 0.3 is 0 Å². The van der Waals surface area contributed by atoms with Crippen molar-refractivity contribution in [3.05, 3.63) is 64.5 Å². The summed E-state index contributed by atoms with van der Waals surface area (Å²) in [4.78, 5) is 11.9. The molecule has 1 aromatic heterocycles. The number of benzene rings is 2. The average molecular weight is 451 g/mol. The predicted octanol–water partition coefficient (Wildman–Crippen LogP) is 2.40. The number of carbonyl (C=O) groups excluding carboxylic acids is 1. The van der Waals surface area contributed by atoms with E-state index in [1.54, 1.807) is 47.9 Å². The molecule has 30 heavy (non-hydrogen) atoms. The van der Waals surface area contributed by atoms with Crippen molar-refractivity contribution in [3.63, 3.8) is 0 Å². The van der Waals surface area contributed by atoms with Crippen molar-refractivity contribution in [3.8, 4) is 5.75 Å². The number of ether oxygens (including phenoxy) is 1. The normalized spacial score (nSPS) is 11.5. The lowest BCUT2D eigenvalue weighted by atomic mass is 10.2. The quantitative estimate of drug-likeness (QED) is 0.214. The average Bonchev–Trinajstić information content (AvgIpc) is 3.19. The van der Waals surface area contributed by atoms with E-state index in [1.807, 2.05) is 6.07 Å². The molecule has 4 N–H and O–H groups in total. The van der Waals surface area contributed by atoms with Crippen LogP contribution in [0.15, 0.2) is 48.5 Å². The van der Waals surface area contributed by atoms with Gasteiger partial charge in [0.1, 0.15) is 5.75 Å². The summed E-state index contributed by atoms with van der Waals surface area (Å²) < 4.78 is 33.4. The Kier molecular flexibility index (Phi) is 7.40. The maximum Gasteiger partial charge on any atom is 0.284 e. The molecule has 160 valence electrons. The van der Waals surface area contributed by atoms with Crippen molar-refractivity contribution >= 4 is 37.4 Å². The number of amides is 1. The Morgan fingerprint density at radius 2 is 1.80 bits per heavy atom. The zero-order chi connectivity index (χ0) is 21.6. The van der Waals surface area contributed by atoms with E-state index in [4.69, 9.17) is 15.1 Å². The molecule has 0 fully saturated rings. The monoisotopic (exact) mass is 450 g/mol. The van der Waals surface area contributed by atoms with Gasteiger partial charge in [0.2, 0.25) is 10.0 Å². The van der Waals surface area contributed by atoms with Crippen LogP contribution in [0.4, 0.5) is 0 Å². The maximum absolute atomic E-state index is 12.2. The number of carbonyl (C=O) groups is 1. The van der Waals surface area contributed by atoms with Gasteiger partial charge < -0.3 is 9.84 Å². The summed E-state index contributed by atoms with van der Waals surface area (Å²) in [7, 11) is -3.47. The number of hydrogen-bond acceptors (Lipinski definition) is 7. The first-order valence-electron chi connectivity index (χ1n) is 9.17. The number of thiophene rings is 1. The molecular formula is C20H22N2O6S2. The number of hydrogen-bond donors (Lipinski definition) is 4. The zero-order valence-electron chi connectivity index (χ0n) is 16.0. The highest BCUT2D eigenvalue weighted by atomic mass is 32.2. The van der Waals surface area contributed by atoms with Crippen LogP contribution >= 0.6 is 11.3 Å². The second-order valence-corrected chi connectivity index (χ2v) is 9.58. The lowest BCUT2D eigenvalue weighted by molar-refractivity contribution is 0.0711. The number of nitrogens with one attached hydrogen (secondary N) is 2. The second-order valence-electron chi connectivity index (χ2n) is 6.57. The lowest BCUT2D eigenvalue weighted by Crippen LogP contribution is -2.26. The van der Waals surface area contributed by atoms with Crippen LogP contribution in [-0.4, -0.2) is 37.0 Å². The van der Waals surface area contributed by atoms with Gasteiger partial charge in [-0.1, -0.05) is 24.3 Å². The SMILES string of the molecule is O=C(NO)c1cc2ccc(CNS(=O)(=O)CCCOc3ccc(CO)cc3)cc2s1. The Bertz CT molecular complexity index is 1110. The maximum atomic E-state index is 12.2. The third-order valence-electron chi connectivity index (χ3n) is 4.34. The van der Waals surface area contributed by atoms with Gasteiger partial charge in [-0.15, -0.1) is 11.3 Å². The molecule has 3 aromatic rings. The summed E-state index contributed by atoms with van der Waals surface area (Å²) in [6, 6.07) is 14.0. The Labute approximate surface area is 178 Å². The Morgan fingerprint density at radius 1 is 1.07 bits per heavy atom. The van der Waals surface area contributed by atoms with Crippen molar-refractivity contribution in [1.82, 2.24) is 10.2 Å². The van der Waals surface area contributed by atoms with E-state index in [0.717, 1.165) is 21.2 Å². The van der Waals surface area contributed by atoms with Crippen molar-refractivity contribution in [2.75, 3.05) is 12.4 Å². The predicted molar refractivity (Wildman–Crippen MR) is 114 cm³/mol. The molecule has 0 bridgehead atoms. The smallest absolute Gasteiger partial charge is 0.284 e. The van der Waals surface area contributed by atoms with Gasteiger partial charge in [-0.3, -0.25) is 10.0 Å². The molecule has 1 heterocycles. The highest BCUT2D eigenvalue weighted by Gasteiger charge is 2.12. The van der Waals surface area contributed by atoms with Gasteiger partial charge in [-0.2, -0.15) is 0 Å². The summed E-state index contributed by atoms with van der Waals surface area (Å²) in [5.41, 5.74) is 3.15. The van der Waals surface area contributed by atoms with E-state index >= 15 is 0 Å². The van der Waals surface area contributed by atoms with E-state index in [0.29, 0.717) is 17.0 Å².